The zero-order valence-corrected chi connectivity index (χ0v) is 12.0. The van der Waals surface area contributed by atoms with Crippen LogP contribution in [0.2, 0.25) is 0 Å². The smallest absolute Gasteiger partial charge is 0.336 e. The second-order valence-corrected chi connectivity index (χ2v) is 6.53. The lowest BCUT2D eigenvalue weighted by Gasteiger charge is -2.22. The highest BCUT2D eigenvalue weighted by Gasteiger charge is 2.33. The van der Waals surface area contributed by atoms with Crippen LogP contribution in [0.25, 0.3) is 0 Å². The summed E-state index contributed by atoms with van der Waals surface area (Å²) in [5.41, 5.74) is -0.527. The summed E-state index contributed by atoms with van der Waals surface area (Å²) >= 11 is 0. The number of benzene rings is 1. The van der Waals surface area contributed by atoms with Crippen molar-refractivity contribution in [2.75, 3.05) is 13.2 Å². The fourth-order valence-electron chi connectivity index (χ4n) is 2.14. The highest BCUT2D eigenvalue weighted by Crippen LogP contribution is 2.25. The van der Waals surface area contributed by atoms with Crippen molar-refractivity contribution < 1.29 is 27.8 Å². The number of carboxylic acids is 1. The van der Waals surface area contributed by atoms with Gasteiger partial charge in [0.2, 0.25) is 10.0 Å². The maximum absolute atomic E-state index is 13.8. The van der Waals surface area contributed by atoms with Crippen LogP contribution < -0.4 is 0 Å². The lowest BCUT2D eigenvalue weighted by atomic mass is 10.1. The number of aliphatic hydroxyl groups excluding tert-OH is 1. The molecule has 0 saturated carbocycles. The van der Waals surface area contributed by atoms with Gasteiger partial charge in [0.25, 0.3) is 0 Å². The standard InChI is InChI=1S/C13H14FNO5S/c1-8-11(13(17)18)5-10(6-12(8)14)21(19,20)15-4-2-3-9(15)7-16/h2-3,5-6,9,16H,4,7H2,1H3,(H,17,18). The van der Waals surface area contributed by atoms with E-state index in [2.05, 4.69) is 0 Å². The van der Waals surface area contributed by atoms with Gasteiger partial charge in [-0.05, 0) is 24.6 Å². The van der Waals surface area contributed by atoms with E-state index >= 15 is 0 Å². The van der Waals surface area contributed by atoms with Gasteiger partial charge in [0.1, 0.15) is 5.82 Å². The van der Waals surface area contributed by atoms with Crippen LogP contribution in [0.4, 0.5) is 4.39 Å². The van der Waals surface area contributed by atoms with Gasteiger partial charge >= 0.3 is 5.97 Å². The van der Waals surface area contributed by atoms with Crippen molar-refractivity contribution in [3.8, 4) is 0 Å². The van der Waals surface area contributed by atoms with Crippen molar-refractivity contribution in [3.63, 3.8) is 0 Å². The van der Waals surface area contributed by atoms with E-state index < -0.39 is 44.9 Å². The van der Waals surface area contributed by atoms with Gasteiger partial charge < -0.3 is 10.2 Å². The molecule has 1 heterocycles. The van der Waals surface area contributed by atoms with E-state index in [1.54, 1.807) is 6.08 Å². The summed E-state index contributed by atoms with van der Waals surface area (Å²) in [6.07, 6.45) is 3.10. The minimum absolute atomic E-state index is 0.0471. The molecule has 21 heavy (non-hydrogen) atoms. The molecule has 0 aromatic heterocycles. The van der Waals surface area contributed by atoms with E-state index in [1.807, 2.05) is 0 Å². The highest BCUT2D eigenvalue weighted by atomic mass is 32.2. The summed E-state index contributed by atoms with van der Waals surface area (Å²) in [6, 6.07) is 1.000. The molecular formula is C13H14FNO5S. The first kappa shape index (κ1) is 15.6. The molecule has 1 atom stereocenters. The van der Waals surface area contributed by atoms with Crippen LogP contribution in [-0.2, 0) is 10.0 Å². The van der Waals surface area contributed by atoms with Gasteiger partial charge in [0.05, 0.1) is 23.1 Å². The minimum Gasteiger partial charge on any atom is -0.478 e. The molecule has 0 spiro atoms. The number of hydrogen-bond donors (Lipinski definition) is 2. The molecule has 0 fully saturated rings. The largest absolute Gasteiger partial charge is 0.478 e. The summed E-state index contributed by atoms with van der Waals surface area (Å²) in [7, 11) is -4.09. The van der Waals surface area contributed by atoms with Gasteiger partial charge in [-0.1, -0.05) is 12.2 Å². The maximum Gasteiger partial charge on any atom is 0.336 e. The van der Waals surface area contributed by atoms with Crippen molar-refractivity contribution in [2.24, 2.45) is 0 Å². The Balaban J connectivity index is 2.53. The van der Waals surface area contributed by atoms with Crippen molar-refractivity contribution in [2.45, 2.75) is 17.9 Å². The third-order valence-electron chi connectivity index (χ3n) is 3.36. The maximum atomic E-state index is 13.8. The van der Waals surface area contributed by atoms with Gasteiger partial charge in [0, 0.05) is 6.54 Å². The molecule has 0 saturated heterocycles. The van der Waals surface area contributed by atoms with Crippen LogP contribution in [0.1, 0.15) is 15.9 Å². The molecular weight excluding hydrogens is 301 g/mol. The molecule has 0 aliphatic carbocycles. The van der Waals surface area contributed by atoms with Crippen LogP contribution in [0, 0.1) is 12.7 Å². The van der Waals surface area contributed by atoms with Crippen molar-refractivity contribution in [1.29, 1.82) is 0 Å². The Labute approximate surface area is 121 Å². The number of aliphatic hydroxyl groups is 1. The van der Waals surface area contributed by atoms with E-state index in [0.717, 1.165) is 16.4 Å². The lowest BCUT2D eigenvalue weighted by molar-refractivity contribution is 0.0695. The summed E-state index contributed by atoms with van der Waals surface area (Å²) in [6.45, 7) is 0.907. The second-order valence-electron chi connectivity index (χ2n) is 4.64. The van der Waals surface area contributed by atoms with Crippen LogP contribution in [0.5, 0.6) is 0 Å². The van der Waals surface area contributed by atoms with E-state index in [9.17, 15) is 17.6 Å². The molecule has 2 rings (SSSR count). The Morgan fingerprint density at radius 3 is 2.71 bits per heavy atom. The molecule has 1 aromatic carbocycles. The first-order valence-corrected chi connectivity index (χ1v) is 7.56. The Bertz CT molecular complexity index is 714. The normalized spacial score (nSPS) is 19.1. The quantitative estimate of drug-likeness (QED) is 0.800. The number of nitrogens with zero attached hydrogens (tertiary/aromatic N) is 1. The summed E-state index contributed by atoms with van der Waals surface area (Å²) in [5, 5.41) is 18.2. The van der Waals surface area contributed by atoms with E-state index in [-0.39, 0.29) is 12.1 Å². The van der Waals surface area contributed by atoms with Crippen molar-refractivity contribution in [1.82, 2.24) is 4.31 Å². The van der Waals surface area contributed by atoms with Crippen LogP contribution in [0.15, 0.2) is 29.2 Å². The van der Waals surface area contributed by atoms with Gasteiger partial charge in [0.15, 0.2) is 0 Å². The zero-order chi connectivity index (χ0) is 15.8. The number of aromatic carboxylic acids is 1. The number of sulfonamides is 1. The Morgan fingerprint density at radius 2 is 2.14 bits per heavy atom. The molecule has 114 valence electrons. The van der Waals surface area contributed by atoms with E-state index in [1.165, 1.54) is 13.0 Å². The van der Waals surface area contributed by atoms with E-state index in [4.69, 9.17) is 10.2 Å². The Morgan fingerprint density at radius 1 is 1.48 bits per heavy atom. The first-order valence-electron chi connectivity index (χ1n) is 6.12. The predicted molar refractivity (Wildman–Crippen MR) is 72.0 cm³/mol. The van der Waals surface area contributed by atoms with Gasteiger partial charge in [-0.3, -0.25) is 0 Å². The monoisotopic (exact) mass is 315 g/mol. The molecule has 0 amide bonds. The molecule has 0 radical (unpaired) electrons. The average Bonchev–Trinajstić information content (AvgIpc) is 2.90. The van der Waals surface area contributed by atoms with Crippen LogP contribution >= 0.6 is 0 Å². The lowest BCUT2D eigenvalue weighted by Crippen LogP contribution is -2.38. The van der Waals surface area contributed by atoms with Gasteiger partial charge in [-0.2, -0.15) is 4.31 Å². The molecule has 1 aromatic rings. The Hall–Kier alpha value is -1.77. The highest BCUT2D eigenvalue weighted by molar-refractivity contribution is 7.89. The SMILES string of the molecule is Cc1c(F)cc(S(=O)(=O)N2CC=CC2CO)cc1C(=O)O. The fourth-order valence-corrected chi connectivity index (χ4v) is 3.71. The summed E-state index contributed by atoms with van der Waals surface area (Å²) < 4.78 is 39.7. The number of carbonyl (C=O) groups is 1. The Kier molecular flexibility index (Phi) is 4.13. The fraction of sp³-hybridized carbons (Fsp3) is 0.308. The average molecular weight is 315 g/mol. The topological polar surface area (TPSA) is 94.9 Å². The summed E-state index contributed by atoms with van der Waals surface area (Å²) in [4.78, 5) is 10.6. The number of halogens is 1. The molecule has 8 heteroatoms. The molecule has 0 bridgehead atoms. The number of carboxylic acid groups (broad SMARTS) is 1. The van der Waals surface area contributed by atoms with Crippen LogP contribution in [0.3, 0.4) is 0 Å². The second kappa shape index (κ2) is 5.55. The van der Waals surface area contributed by atoms with Crippen molar-refractivity contribution in [3.05, 3.63) is 41.2 Å². The molecule has 1 aliphatic rings. The summed E-state index contributed by atoms with van der Waals surface area (Å²) in [5.74, 6) is -2.30. The minimum atomic E-state index is -4.09. The van der Waals surface area contributed by atoms with Gasteiger partial charge in [-0.25, -0.2) is 17.6 Å². The predicted octanol–water partition coefficient (Wildman–Crippen LogP) is 0.754. The van der Waals surface area contributed by atoms with E-state index in [0.29, 0.717) is 0 Å². The van der Waals surface area contributed by atoms with Crippen LogP contribution in [-0.4, -0.2) is 48.1 Å². The molecule has 2 N–H and O–H groups in total. The van der Waals surface area contributed by atoms with Gasteiger partial charge in [-0.15, -0.1) is 0 Å². The molecule has 1 unspecified atom stereocenters. The number of rotatable bonds is 4. The molecule has 1 aliphatic heterocycles. The third-order valence-corrected chi connectivity index (χ3v) is 5.22. The van der Waals surface area contributed by atoms with Crippen molar-refractivity contribution >= 4 is 16.0 Å². The third kappa shape index (κ3) is 2.69. The number of hydrogen-bond acceptors (Lipinski definition) is 4. The molecule has 6 nitrogen and oxygen atoms in total. The zero-order valence-electron chi connectivity index (χ0n) is 11.2. The first-order chi connectivity index (χ1) is 9.78.